The van der Waals surface area contributed by atoms with Crippen LogP contribution in [0, 0.1) is 0 Å². The first kappa shape index (κ1) is 12.4. The third-order valence-corrected chi connectivity index (χ3v) is 3.08. The maximum absolute atomic E-state index is 11.1. The molecule has 0 amide bonds. The number of aliphatic carboxylic acids is 1. The molecule has 18 heavy (non-hydrogen) atoms. The van der Waals surface area contributed by atoms with Gasteiger partial charge in [0.15, 0.2) is 6.04 Å². The Morgan fingerprint density at radius 1 is 1.44 bits per heavy atom. The third-order valence-electron chi connectivity index (χ3n) is 2.37. The van der Waals surface area contributed by atoms with Crippen LogP contribution in [0.3, 0.4) is 0 Å². The zero-order valence-electron chi connectivity index (χ0n) is 9.56. The van der Waals surface area contributed by atoms with Gasteiger partial charge in [0.25, 0.3) is 0 Å². The zero-order chi connectivity index (χ0) is 12.8. The van der Waals surface area contributed by atoms with Gasteiger partial charge in [-0.1, -0.05) is 30.3 Å². The first-order valence-corrected chi connectivity index (χ1v) is 6.33. The fraction of sp³-hybridized carbons (Fsp3) is 0.154. The minimum absolute atomic E-state index is 0.387. The molecule has 0 fully saturated rings. The van der Waals surface area contributed by atoms with E-state index in [1.54, 1.807) is 6.20 Å². The molecule has 0 radical (unpaired) electrons. The molecule has 0 aliphatic heterocycles. The lowest BCUT2D eigenvalue weighted by molar-refractivity contribution is -0.138. The molecule has 1 unspecified atom stereocenters. The van der Waals surface area contributed by atoms with Crippen molar-refractivity contribution in [3.05, 3.63) is 52.5 Å². The molecule has 92 valence electrons. The lowest BCUT2D eigenvalue weighted by Gasteiger charge is -2.06. The molecule has 1 atom stereocenters. The lowest BCUT2D eigenvalue weighted by Crippen LogP contribution is -2.20. The van der Waals surface area contributed by atoms with Crippen molar-refractivity contribution >= 4 is 23.5 Å². The van der Waals surface area contributed by atoms with Crippen LogP contribution in [-0.2, 0) is 11.2 Å². The number of carbonyl (C=O) groups is 1. The van der Waals surface area contributed by atoms with E-state index in [1.807, 2.05) is 35.7 Å². The van der Waals surface area contributed by atoms with Crippen LogP contribution >= 0.6 is 11.3 Å². The average Bonchev–Trinajstić information content (AvgIpc) is 2.88. The largest absolute Gasteiger partial charge is 0.480 e. The molecule has 1 aromatic carbocycles. The number of rotatable bonds is 5. The maximum atomic E-state index is 11.1. The Hall–Kier alpha value is -2.01. The van der Waals surface area contributed by atoms with Crippen LogP contribution in [0.4, 0.5) is 0 Å². The fourth-order valence-corrected chi connectivity index (χ4v) is 2.00. The molecule has 0 saturated carbocycles. The summed E-state index contributed by atoms with van der Waals surface area (Å²) in [6.07, 6.45) is 3.57. The van der Waals surface area contributed by atoms with Gasteiger partial charge in [0.2, 0.25) is 0 Å². The zero-order valence-corrected chi connectivity index (χ0v) is 10.4. The molecule has 0 aliphatic rings. The van der Waals surface area contributed by atoms with Crippen molar-refractivity contribution in [1.82, 2.24) is 4.98 Å². The molecular formula is C13H12N2O2S. The van der Waals surface area contributed by atoms with Crippen molar-refractivity contribution < 1.29 is 9.90 Å². The highest BCUT2D eigenvalue weighted by Crippen LogP contribution is 2.07. The summed E-state index contributed by atoms with van der Waals surface area (Å²) in [4.78, 5) is 19.2. The Balaban J connectivity index is 2.07. The predicted octanol–water partition coefficient (Wildman–Crippen LogP) is 2.26. The number of hydrogen-bond acceptors (Lipinski definition) is 4. The summed E-state index contributed by atoms with van der Waals surface area (Å²) in [5.41, 5.74) is 0.959. The van der Waals surface area contributed by atoms with Gasteiger partial charge in [-0.05, 0) is 5.56 Å². The molecule has 0 bridgehead atoms. The van der Waals surface area contributed by atoms with E-state index in [9.17, 15) is 4.79 Å². The Morgan fingerprint density at radius 2 is 2.22 bits per heavy atom. The molecule has 0 saturated heterocycles. The topological polar surface area (TPSA) is 62.5 Å². The molecule has 5 heteroatoms. The van der Waals surface area contributed by atoms with Crippen LogP contribution in [0.25, 0.3) is 0 Å². The number of benzene rings is 1. The first-order valence-electron chi connectivity index (χ1n) is 5.45. The van der Waals surface area contributed by atoms with Gasteiger partial charge in [-0.15, -0.1) is 11.3 Å². The molecule has 1 heterocycles. The number of carboxylic acid groups (broad SMARTS) is 1. The van der Waals surface area contributed by atoms with Gasteiger partial charge in [0.05, 0.1) is 6.21 Å². The van der Waals surface area contributed by atoms with Gasteiger partial charge in [-0.3, -0.25) is 4.99 Å². The summed E-state index contributed by atoms with van der Waals surface area (Å²) in [5, 5.41) is 11.7. The molecule has 2 aromatic rings. The molecule has 4 nitrogen and oxygen atoms in total. The Bertz CT molecular complexity index is 523. The van der Waals surface area contributed by atoms with Crippen LogP contribution < -0.4 is 0 Å². The normalized spacial score (nSPS) is 12.7. The second-order valence-electron chi connectivity index (χ2n) is 3.69. The second-order valence-corrected chi connectivity index (χ2v) is 4.62. The van der Waals surface area contributed by atoms with Gasteiger partial charge in [0.1, 0.15) is 5.01 Å². The summed E-state index contributed by atoms with van der Waals surface area (Å²) in [6.45, 7) is 0. The number of aromatic nitrogens is 1. The first-order chi connectivity index (χ1) is 8.75. The monoisotopic (exact) mass is 260 g/mol. The molecule has 0 spiro atoms. The SMILES string of the molecule is O=C(O)C(Cc1ccccc1)/N=C/c1nccs1. The van der Waals surface area contributed by atoms with Crippen LogP contribution in [-0.4, -0.2) is 28.3 Å². The van der Waals surface area contributed by atoms with E-state index in [0.717, 1.165) is 5.56 Å². The number of aliphatic imine (C=N–C) groups is 1. The lowest BCUT2D eigenvalue weighted by atomic mass is 10.1. The van der Waals surface area contributed by atoms with E-state index in [-0.39, 0.29) is 0 Å². The van der Waals surface area contributed by atoms with Crippen molar-refractivity contribution in [2.45, 2.75) is 12.5 Å². The van der Waals surface area contributed by atoms with Crippen LogP contribution in [0.2, 0.25) is 0 Å². The Kier molecular flexibility index (Phi) is 4.20. The fourth-order valence-electron chi connectivity index (χ4n) is 1.49. The standard InChI is InChI=1S/C13H12N2O2S/c16-13(17)11(8-10-4-2-1-3-5-10)15-9-12-14-6-7-18-12/h1-7,9,11H,8H2,(H,16,17)/b15-9+. The van der Waals surface area contributed by atoms with E-state index in [2.05, 4.69) is 9.98 Å². The number of carboxylic acids is 1. The molecule has 0 aliphatic carbocycles. The highest BCUT2D eigenvalue weighted by atomic mass is 32.1. The minimum Gasteiger partial charge on any atom is -0.480 e. The highest BCUT2D eigenvalue weighted by Gasteiger charge is 2.15. The molecular weight excluding hydrogens is 248 g/mol. The van der Waals surface area contributed by atoms with E-state index >= 15 is 0 Å². The Morgan fingerprint density at radius 3 is 2.83 bits per heavy atom. The van der Waals surface area contributed by atoms with Gasteiger partial charge >= 0.3 is 5.97 Å². The number of hydrogen-bond donors (Lipinski definition) is 1. The van der Waals surface area contributed by atoms with Crippen molar-refractivity contribution in [3.8, 4) is 0 Å². The predicted molar refractivity (Wildman–Crippen MR) is 71.3 cm³/mol. The Labute approximate surface area is 109 Å². The minimum atomic E-state index is -0.924. The highest BCUT2D eigenvalue weighted by molar-refractivity contribution is 7.11. The summed E-state index contributed by atoms with van der Waals surface area (Å²) in [7, 11) is 0. The summed E-state index contributed by atoms with van der Waals surface area (Å²) < 4.78 is 0. The van der Waals surface area contributed by atoms with Gasteiger partial charge in [-0.2, -0.15) is 0 Å². The average molecular weight is 260 g/mol. The van der Waals surface area contributed by atoms with Crippen LogP contribution in [0.15, 0.2) is 46.9 Å². The second kappa shape index (κ2) is 6.07. The van der Waals surface area contributed by atoms with Crippen LogP contribution in [0.5, 0.6) is 0 Å². The summed E-state index contributed by atoms with van der Waals surface area (Å²) >= 11 is 1.43. The van der Waals surface area contributed by atoms with E-state index < -0.39 is 12.0 Å². The van der Waals surface area contributed by atoms with Crippen molar-refractivity contribution in [2.24, 2.45) is 4.99 Å². The van der Waals surface area contributed by atoms with Crippen molar-refractivity contribution in [1.29, 1.82) is 0 Å². The van der Waals surface area contributed by atoms with E-state index in [0.29, 0.717) is 11.4 Å². The van der Waals surface area contributed by atoms with Crippen LogP contribution in [0.1, 0.15) is 10.6 Å². The number of thiazole rings is 1. The number of nitrogens with zero attached hydrogens (tertiary/aromatic N) is 2. The smallest absolute Gasteiger partial charge is 0.328 e. The van der Waals surface area contributed by atoms with Gasteiger partial charge in [0, 0.05) is 18.0 Å². The third kappa shape index (κ3) is 3.49. The quantitative estimate of drug-likeness (QED) is 0.839. The van der Waals surface area contributed by atoms with E-state index in [1.165, 1.54) is 17.6 Å². The van der Waals surface area contributed by atoms with E-state index in [4.69, 9.17) is 5.11 Å². The van der Waals surface area contributed by atoms with Crippen molar-refractivity contribution in [3.63, 3.8) is 0 Å². The molecule has 1 aromatic heterocycles. The van der Waals surface area contributed by atoms with Gasteiger partial charge in [-0.25, -0.2) is 9.78 Å². The van der Waals surface area contributed by atoms with Crippen molar-refractivity contribution in [2.75, 3.05) is 0 Å². The summed E-state index contributed by atoms with van der Waals surface area (Å²) in [5.74, 6) is -0.924. The molecule has 1 N–H and O–H groups in total. The van der Waals surface area contributed by atoms with Gasteiger partial charge < -0.3 is 5.11 Å². The molecule has 2 rings (SSSR count). The maximum Gasteiger partial charge on any atom is 0.328 e. The summed E-state index contributed by atoms with van der Waals surface area (Å²) in [6, 6.07) is 8.70.